The highest BCUT2D eigenvalue weighted by atomic mass is 16.5. The van der Waals surface area contributed by atoms with Crippen molar-refractivity contribution >= 4 is 23.2 Å². The molecule has 2 fully saturated rings. The summed E-state index contributed by atoms with van der Waals surface area (Å²) in [6, 6.07) is 14.7. The Kier molecular flexibility index (Phi) is 5.34. The lowest BCUT2D eigenvalue weighted by atomic mass is 10.1. The summed E-state index contributed by atoms with van der Waals surface area (Å²) in [6.45, 7) is 2.84. The average molecular weight is 432 g/mol. The van der Waals surface area contributed by atoms with Crippen molar-refractivity contribution in [2.75, 3.05) is 23.4 Å². The van der Waals surface area contributed by atoms with Gasteiger partial charge in [0, 0.05) is 35.8 Å². The molecule has 0 radical (unpaired) electrons. The van der Waals surface area contributed by atoms with Crippen molar-refractivity contribution < 1.29 is 18.8 Å². The minimum absolute atomic E-state index is 0.0680. The number of rotatable bonds is 7. The quantitative estimate of drug-likeness (QED) is 0.606. The predicted octanol–water partition coefficient (Wildman–Crippen LogP) is 4.00. The zero-order valence-corrected chi connectivity index (χ0v) is 17.8. The van der Waals surface area contributed by atoms with Gasteiger partial charge in [0.1, 0.15) is 5.75 Å². The first-order chi connectivity index (χ1) is 15.6. The highest BCUT2D eigenvalue weighted by molar-refractivity contribution is 6.03. The van der Waals surface area contributed by atoms with E-state index >= 15 is 0 Å². The highest BCUT2D eigenvalue weighted by Crippen LogP contribution is 2.39. The lowest BCUT2D eigenvalue weighted by Gasteiger charge is -2.17. The maximum atomic E-state index is 12.9. The Morgan fingerprint density at radius 1 is 1.22 bits per heavy atom. The van der Waals surface area contributed by atoms with Crippen molar-refractivity contribution in [3.63, 3.8) is 0 Å². The Morgan fingerprint density at radius 2 is 2.03 bits per heavy atom. The summed E-state index contributed by atoms with van der Waals surface area (Å²) in [5.41, 5.74) is 2.14. The molecule has 1 N–H and O–H groups in total. The number of aromatic nitrogens is 2. The van der Waals surface area contributed by atoms with Crippen molar-refractivity contribution in [1.29, 1.82) is 0 Å². The molecule has 32 heavy (non-hydrogen) atoms. The third kappa shape index (κ3) is 4.21. The van der Waals surface area contributed by atoms with Crippen LogP contribution in [0.2, 0.25) is 0 Å². The summed E-state index contributed by atoms with van der Waals surface area (Å²) >= 11 is 0. The van der Waals surface area contributed by atoms with Crippen LogP contribution in [0.3, 0.4) is 0 Å². The number of amides is 2. The molecule has 1 saturated heterocycles. The van der Waals surface area contributed by atoms with Crippen LogP contribution in [0, 0.1) is 5.92 Å². The topological polar surface area (TPSA) is 97.6 Å². The van der Waals surface area contributed by atoms with E-state index in [0.29, 0.717) is 30.6 Å². The zero-order chi connectivity index (χ0) is 22.1. The summed E-state index contributed by atoms with van der Waals surface area (Å²) in [5, 5.41) is 6.97. The van der Waals surface area contributed by atoms with E-state index in [1.165, 1.54) is 0 Å². The summed E-state index contributed by atoms with van der Waals surface area (Å²) in [4.78, 5) is 31.5. The maximum Gasteiger partial charge on any atom is 0.258 e. The van der Waals surface area contributed by atoms with Crippen molar-refractivity contribution in [2.45, 2.75) is 32.1 Å². The number of nitrogens with one attached hydrogen (secondary N) is 1. The molecule has 0 spiro atoms. The van der Waals surface area contributed by atoms with E-state index in [2.05, 4.69) is 15.5 Å². The molecule has 164 valence electrons. The van der Waals surface area contributed by atoms with E-state index in [9.17, 15) is 9.59 Å². The van der Waals surface area contributed by atoms with E-state index in [0.717, 1.165) is 35.7 Å². The Bertz CT molecular complexity index is 1140. The molecule has 1 unspecified atom stereocenters. The van der Waals surface area contributed by atoms with Crippen molar-refractivity contribution in [3.05, 3.63) is 54.4 Å². The molecule has 2 aliphatic rings. The first-order valence-corrected chi connectivity index (χ1v) is 10.9. The largest absolute Gasteiger partial charge is 0.494 e. The monoisotopic (exact) mass is 432 g/mol. The molecular weight excluding hydrogens is 408 g/mol. The van der Waals surface area contributed by atoms with Crippen LogP contribution in [0.1, 0.15) is 37.9 Å². The maximum absolute atomic E-state index is 12.9. The molecular formula is C24H24N4O4. The summed E-state index contributed by atoms with van der Waals surface area (Å²) in [6.07, 6.45) is 2.37. The average Bonchev–Trinajstić information content (AvgIpc) is 3.39. The van der Waals surface area contributed by atoms with Crippen LogP contribution >= 0.6 is 0 Å². The number of carbonyl (C=O) groups is 2. The molecule has 8 nitrogen and oxygen atoms in total. The molecule has 3 aromatic rings. The fourth-order valence-corrected chi connectivity index (χ4v) is 3.86. The fraction of sp³-hybridized carbons (Fsp3) is 0.333. The van der Waals surface area contributed by atoms with Gasteiger partial charge < -0.3 is 19.5 Å². The first-order valence-electron chi connectivity index (χ1n) is 10.9. The standard InChI is InChI=1S/C24H24N4O4/c1-2-31-20-10-8-19(9-11-20)28-14-17(13-21(28)29)23(30)25-18-5-3-4-16(12-18)24-26-22(27-32-24)15-6-7-15/h3-5,8-12,15,17H,2,6-7,13-14H2,1H3,(H,25,30). The SMILES string of the molecule is CCOc1ccc(N2CC(C(=O)Nc3cccc(-c4nc(C5CC5)no4)c3)CC2=O)cc1. The van der Waals surface area contributed by atoms with Crippen LogP contribution in [-0.2, 0) is 9.59 Å². The summed E-state index contributed by atoms with van der Waals surface area (Å²) < 4.78 is 10.8. The molecule has 1 saturated carbocycles. The van der Waals surface area contributed by atoms with Gasteiger partial charge in [0.05, 0.1) is 12.5 Å². The van der Waals surface area contributed by atoms with Gasteiger partial charge >= 0.3 is 0 Å². The number of nitrogens with zero attached hydrogens (tertiary/aromatic N) is 3. The third-order valence-corrected chi connectivity index (χ3v) is 5.72. The van der Waals surface area contributed by atoms with E-state index < -0.39 is 5.92 Å². The van der Waals surface area contributed by atoms with Crippen LogP contribution in [0.5, 0.6) is 5.75 Å². The van der Waals surface area contributed by atoms with E-state index in [1.807, 2.05) is 49.4 Å². The lowest BCUT2D eigenvalue weighted by Crippen LogP contribution is -2.28. The number of ether oxygens (including phenoxy) is 1. The van der Waals surface area contributed by atoms with Crippen molar-refractivity contribution in [1.82, 2.24) is 10.1 Å². The molecule has 8 heteroatoms. The second-order valence-electron chi connectivity index (χ2n) is 8.13. The zero-order valence-electron chi connectivity index (χ0n) is 17.8. The van der Waals surface area contributed by atoms with Gasteiger partial charge in [-0.25, -0.2) is 0 Å². The normalized spacial score (nSPS) is 18.1. The third-order valence-electron chi connectivity index (χ3n) is 5.72. The van der Waals surface area contributed by atoms with Gasteiger partial charge in [0.15, 0.2) is 5.82 Å². The molecule has 1 aromatic heterocycles. The van der Waals surface area contributed by atoms with Crippen LogP contribution in [0.4, 0.5) is 11.4 Å². The number of hydrogen-bond acceptors (Lipinski definition) is 6. The second kappa shape index (κ2) is 8.45. The number of carbonyl (C=O) groups excluding carboxylic acids is 2. The number of anilines is 2. The van der Waals surface area contributed by atoms with Gasteiger partial charge in [0.25, 0.3) is 5.89 Å². The van der Waals surface area contributed by atoms with Gasteiger partial charge in [-0.1, -0.05) is 11.2 Å². The van der Waals surface area contributed by atoms with Crippen LogP contribution in [-0.4, -0.2) is 35.1 Å². The smallest absolute Gasteiger partial charge is 0.258 e. The molecule has 1 atom stereocenters. The Morgan fingerprint density at radius 3 is 2.78 bits per heavy atom. The van der Waals surface area contributed by atoms with Crippen molar-refractivity contribution in [3.8, 4) is 17.2 Å². The Labute approximate surface area is 185 Å². The van der Waals surface area contributed by atoms with Gasteiger partial charge in [-0.2, -0.15) is 4.98 Å². The molecule has 2 aromatic carbocycles. The van der Waals surface area contributed by atoms with E-state index in [4.69, 9.17) is 9.26 Å². The van der Waals surface area contributed by atoms with Crippen LogP contribution in [0.25, 0.3) is 11.5 Å². The Balaban J connectivity index is 1.24. The second-order valence-corrected chi connectivity index (χ2v) is 8.13. The minimum Gasteiger partial charge on any atom is -0.494 e. The van der Waals surface area contributed by atoms with Crippen LogP contribution in [0.15, 0.2) is 53.1 Å². The van der Waals surface area contributed by atoms with E-state index in [1.54, 1.807) is 11.0 Å². The predicted molar refractivity (Wildman–Crippen MR) is 118 cm³/mol. The van der Waals surface area contributed by atoms with Crippen LogP contribution < -0.4 is 15.0 Å². The minimum atomic E-state index is -0.428. The summed E-state index contributed by atoms with van der Waals surface area (Å²) in [5.74, 6) is 1.67. The van der Waals surface area contributed by atoms with Gasteiger partial charge in [0.2, 0.25) is 11.8 Å². The molecule has 1 aliphatic carbocycles. The van der Waals surface area contributed by atoms with Gasteiger partial charge in [-0.15, -0.1) is 0 Å². The molecule has 2 amide bonds. The molecule has 0 bridgehead atoms. The van der Waals surface area contributed by atoms with Gasteiger partial charge in [-0.05, 0) is 62.2 Å². The fourth-order valence-electron chi connectivity index (χ4n) is 3.86. The van der Waals surface area contributed by atoms with E-state index in [-0.39, 0.29) is 18.2 Å². The number of benzene rings is 2. The lowest BCUT2D eigenvalue weighted by molar-refractivity contribution is -0.122. The molecule has 5 rings (SSSR count). The Hall–Kier alpha value is -3.68. The summed E-state index contributed by atoms with van der Waals surface area (Å²) in [7, 11) is 0. The molecule has 2 heterocycles. The molecule has 1 aliphatic heterocycles. The first kappa shape index (κ1) is 20.2. The highest BCUT2D eigenvalue weighted by Gasteiger charge is 2.35. The van der Waals surface area contributed by atoms with Gasteiger partial charge in [-0.3, -0.25) is 9.59 Å². The number of hydrogen-bond donors (Lipinski definition) is 1. The van der Waals surface area contributed by atoms with Crippen molar-refractivity contribution in [2.24, 2.45) is 5.92 Å².